The summed E-state index contributed by atoms with van der Waals surface area (Å²) in [5, 5.41) is 3.94. The van der Waals surface area contributed by atoms with Crippen molar-refractivity contribution in [3.8, 4) is 0 Å². The third kappa shape index (κ3) is 4.90. The lowest BCUT2D eigenvalue weighted by Gasteiger charge is -2.30. The van der Waals surface area contributed by atoms with Crippen molar-refractivity contribution < 1.29 is 14.4 Å². The van der Waals surface area contributed by atoms with Crippen LogP contribution in [0.4, 0.5) is 11.4 Å². The smallest absolute Gasteiger partial charge is 0.331 e. The van der Waals surface area contributed by atoms with E-state index in [0.717, 1.165) is 17.0 Å². The molecule has 186 valence electrons. The number of ketones is 1. The van der Waals surface area contributed by atoms with Crippen LogP contribution in [0.5, 0.6) is 0 Å². The van der Waals surface area contributed by atoms with Crippen LogP contribution in [-0.2, 0) is 9.63 Å². The number of anilines is 2. The number of carbonyl (C=O) groups is 2. The molecule has 0 aromatic heterocycles. The highest BCUT2D eigenvalue weighted by Crippen LogP contribution is 2.50. The Bertz CT molecular complexity index is 1450. The predicted molar refractivity (Wildman–Crippen MR) is 148 cm³/mol. The Morgan fingerprint density at radius 1 is 0.946 bits per heavy atom. The molecule has 0 saturated heterocycles. The standard InChI is InChI=1S/C32H30N2O3/c1-20-16-21(2)31-29(17-20)28-19-24(18-22(3)33-37-23(4)35)10-15-30(28)34(31)27-13-11-26(12-14-27)32(36)25-8-6-5-7-9-25/h5-17,19,28,30H,18H2,1-4H3/b33-22+. The third-order valence-electron chi connectivity index (χ3n) is 6.88. The van der Waals surface area contributed by atoms with Gasteiger partial charge in [-0.3, -0.25) is 4.79 Å². The Hall–Kier alpha value is -4.25. The lowest BCUT2D eigenvalue weighted by Crippen LogP contribution is -2.29. The van der Waals surface area contributed by atoms with Crippen LogP contribution >= 0.6 is 0 Å². The average Bonchev–Trinajstić information content (AvgIpc) is 3.21. The largest absolute Gasteiger partial charge is 0.333 e. The molecule has 0 saturated carbocycles. The number of carbonyl (C=O) groups excluding carboxylic acids is 2. The minimum absolute atomic E-state index is 0.0228. The predicted octanol–water partition coefficient (Wildman–Crippen LogP) is 6.96. The van der Waals surface area contributed by atoms with Gasteiger partial charge in [-0.05, 0) is 61.7 Å². The van der Waals surface area contributed by atoms with Crippen molar-refractivity contribution in [1.82, 2.24) is 0 Å². The fraction of sp³-hybridized carbons (Fsp3) is 0.219. The van der Waals surface area contributed by atoms with Crippen LogP contribution in [0.15, 0.2) is 95.7 Å². The van der Waals surface area contributed by atoms with Crippen LogP contribution in [0.25, 0.3) is 0 Å². The Labute approximate surface area is 217 Å². The van der Waals surface area contributed by atoms with E-state index in [1.165, 1.54) is 29.3 Å². The maximum Gasteiger partial charge on any atom is 0.331 e. The number of hydrogen-bond acceptors (Lipinski definition) is 5. The zero-order valence-electron chi connectivity index (χ0n) is 21.6. The molecular weight excluding hydrogens is 460 g/mol. The molecule has 1 aliphatic carbocycles. The molecule has 5 rings (SSSR count). The zero-order valence-corrected chi connectivity index (χ0v) is 21.6. The third-order valence-corrected chi connectivity index (χ3v) is 6.88. The summed E-state index contributed by atoms with van der Waals surface area (Å²) >= 11 is 0. The first-order valence-corrected chi connectivity index (χ1v) is 12.5. The molecule has 2 aliphatic rings. The van der Waals surface area contributed by atoms with Gasteiger partial charge in [0.05, 0.1) is 11.8 Å². The summed E-state index contributed by atoms with van der Waals surface area (Å²) in [5.41, 5.74) is 9.29. The number of oxime groups is 1. The summed E-state index contributed by atoms with van der Waals surface area (Å²) in [6, 6.07) is 21.9. The SMILES string of the molecule is CC(=O)O/N=C(\C)CC1=CC2c3cc(C)cc(C)c3N(c3ccc(C(=O)c4ccccc4)cc3)C2C=C1. The molecule has 2 unspecified atom stereocenters. The maximum absolute atomic E-state index is 12.9. The molecule has 37 heavy (non-hydrogen) atoms. The lowest BCUT2D eigenvalue weighted by atomic mass is 9.86. The molecule has 5 nitrogen and oxygen atoms in total. The second kappa shape index (κ2) is 10.0. The Balaban J connectivity index is 1.48. The molecule has 1 aliphatic heterocycles. The molecule has 0 bridgehead atoms. The zero-order chi connectivity index (χ0) is 26.1. The van der Waals surface area contributed by atoms with Crippen LogP contribution in [0.2, 0.25) is 0 Å². The molecule has 2 atom stereocenters. The normalized spacial score (nSPS) is 18.2. The number of allylic oxidation sites excluding steroid dienone is 2. The van der Waals surface area contributed by atoms with Crippen LogP contribution in [-0.4, -0.2) is 23.5 Å². The lowest BCUT2D eigenvalue weighted by molar-refractivity contribution is -0.140. The van der Waals surface area contributed by atoms with Crippen LogP contribution in [0, 0.1) is 13.8 Å². The van der Waals surface area contributed by atoms with Crippen LogP contribution in [0.3, 0.4) is 0 Å². The van der Waals surface area contributed by atoms with Crippen molar-refractivity contribution in [1.29, 1.82) is 0 Å². The average molecular weight is 491 g/mol. The fourth-order valence-electron chi connectivity index (χ4n) is 5.39. The van der Waals surface area contributed by atoms with Gasteiger partial charge in [-0.1, -0.05) is 71.4 Å². The Morgan fingerprint density at radius 2 is 1.65 bits per heavy atom. The summed E-state index contributed by atoms with van der Waals surface area (Å²) in [6.45, 7) is 7.51. The van der Waals surface area contributed by atoms with Gasteiger partial charge in [-0.2, -0.15) is 0 Å². The molecular formula is C32H30N2O3. The van der Waals surface area contributed by atoms with E-state index in [1.807, 2.05) is 61.5 Å². The number of fused-ring (bicyclic) bond motifs is 3. The molecule has 3 aromatic carbocycles. The minimum atomic E-state index is -0.421. The number of benzene rings is 3. The van der Waals surface area contributed by atoms with Gasteiger partial charge in [-0.15, -0.1) is 0 Å². The van der Waals surface area contributed by atoms with E-state index in [-0.39, 0.29) is 17.7 Å². The molecule has 0 N–H and O–H groups in total. The number of aryl methyl sites for hydroxylation is 2. The maximum atomic E-state index is 12.9. The van der Waals surface area contributed by atoms with Crippen molar-refractivity contribution in [2.75, 3.05) is 4.90 Å². The van der Waals surface area contributed by atoms with Crippen molar-refractivity contribution >= 4 is 28.8 Å². The second-order valence-corrected chi connectivity index (χ2v) is 9.83. The Morgan fingerprint density at radius 3 is 2.35 bits per heavy atom. The first-order valence-electron chi connectivity index (χ1n) is 12.5. The molecule has 5 heteroatoms. The van der Waals surface area contributed by atoms with E-state index in [4.69, 9.17) is 4.84 Å². The molecule has 0 radical (unpaired) electrons. The quantitative estimate of drug-likeness (QED) is 0.162. The molecule has 0 fully saturated rings. The van der Waals surface area contributed by atoms with Crippen molar-refractivity contribution in [2.24, 2.45) is 5.16 Å². The van der Waals surface area contributed by atoms with Gasteiger partial charge < -0.3 is 9.74 Å². The first kappa shape index (κ1) is 24.4. The molecule has 1 heterocycles. The van der Waals surface area contributed by atoms with Gasteiger partial charge >= 0.3 is 5.97 Å². The van der Waals surface area contributed by atoms with Crippen molar-refractivity contribution in [3.05, 3.63) is 118 Å². The Kier molecular flexibility index (Phi) is 6.62. The number of nitrogens with zero attached hydrogens (tertiary/aromatic N) is 2. The second-order valence-electron chi connectivity index (χ2n) is 9.83. The van der Waals surface area contributed by atoms with E-state index >= 15 is 0 Å². The summed E-state index contributed by atoms with van der Waals surface area (Å²) in [6.07, 6.45) is 7.31. The highest BCUT2D eigenvalue weighted by Gasteiger charge is 2.39. The van der Waals surface area contributed by atoms with Gasteiger partial charge in [-0.25, -0.2) is 4.79 Å². The van der Waals surface area contributed by atoms with Crippen LogP contribution in [0.1, 0.15) is 58.8 Å². The summed E-state index contributed by atoms with van der Waals surface area (Å²) in [4.78, 5) is 31.2. The number of hydrogen-bond donors (Lipinski definition) is 0. The molecule has 0 spiro atoms. The van der Waals surface area contributed by atoms with Gasteiger partial charge in [0.15, 0.2) is 5.78 Å². The van der Waals surface area contributed by atoms with Crippen LogP contribution < -0.4 is 4.90 Å². The van der Waals surface area contributed by atoms with E-state index in [1.54, 1.807) is 0 Å². The van der Waals surface area contributed by atoms with Gasteiger partial charge in [0.25, 0.3) is 0 Å². The summed E-state index contributed by atoms with van der Waals surface area (Å²) in [7, 11) is 0. The fourth-order valence-corrected chi connectivity index (χ4v) is 5.39. The highest BCUT2D eigenvalue weighted by atomic mass is 16.7. The monoisotopic (exact) mass is 490 g/mol. The topological polar surface area (TPSA) is 59.0 Å². The van der Waals surface area contributed by atoms with Gasteiger partial charge in [0.2, 0.25) is 0 Å². The van der Waals surface area contributed by atoms with E-state index in [0.29, 0.717) is 17.5 Å². The van der Waals surface area contributed by atoms with E-state index in [9.17, 15) is 9.59 Å². The van der Waals surface area contributed by atoms with Crippen molar-refractivity contribution in [3.63, 3.8) is 0 Å². The highest BCUT2D eigenvalue weighted by molar-refractivity contribution is 6.09. The van der Waals surface area contributed by atoms with Crippen molar-refractivity contribution in [2.45, 2.75) is 46.1 Å². The number of rotatable bonds is 6. The van der Waals surface area contributed by atoms with Gasteiger partial charge in [0.1, 0.15) is 0 Å². The molecule has 3 aromatic rings. The van der Waals surface area contributed by atoms with Gasteiger partial charge in [0, 0.05) is 41.8 Å². The minimum Gasteiger partial charge on any atom is -0.333 e. The van der Waals surface area contributed by atoms with E-state index in [2.05, 4.69) is 54.3 Å². The summed E-state index contributed by atoms with van der Waals surface area (Å²) < 4.78 is 0. The summed E-state index contributed by atoms with van der Waals surface area (Å²) in [5.74, 6) is -0.217. The molecule has 0 amide bonds. The van der Waals surface area contributed by atoms with E-state index < -0.39 is 5.97 Å². The first-order chi connectivity index (χ1) is 17.8.